The molecule has 0 amide bonds. The van der Waals surface area contributed by atoms with Gasteiger partial charge in [0.1, 0.15) is 5.82 Å². The van der Waals surface area contributed by atoms with Crippen LogP contribution in [0.1, 0.15) is 32.3 Å². The first-order chi connectivity index (χ1) is 7.87. The van der Waals surface area contributed by atoms with Gasteiger partial charge in [-0.1, -0.05) is 35.9 Å². The van der Waals surface area contributed by atoms with Crippen molar-refractivity contribution >= 4 is 21.5 Å². The number of rotatable bonds is 1. The lowest BCUT2D eigenvalue weighted by atomic mass is 9.74. The van der Waals surface area contributed by atoms with Crippen molar-refractivity contribution in [1.29, 1.82) is 0 Å². The van der Waals surface area contributed by atoms with Crippen LogP contribution in [0.25, 0.3) is 5.57 Å². The number of aliphatic hydroxyl groups is 1. The third-order valence-corrected chi connectivity index (χ3v) is 3.59. The Kier molecular flexibility index (Phi) is 3.41. The molecule has 0 saturated heterocycles. The minimum Gasteiger partial charge on any atom is -0.389 e. The molecule has 0 bridgehead atoms. The fourth-order valence-corrected chi connectivity index (χ4v) is 2.79. The number of allylic oxidation sites excluding steroid dienone is 1. The van der Waals surface area contributed by atoms with Gasteiger partial charge in [0.15, 0.2) is 0 Å². The van der Waals surface area contributed by atoms with Crippen LogP contribution in [0.3, 0.4) is 0 Å². The standard InChI is InChI=1S/C14H16BrFO/c1-14(2)7-9(5-11(17)8-14)12-6-10(15)3-4-13(12)16/h3-6,11,17H,7-8H2,1-2H3. The molecule has 1 N–H and O–H groups in total. The van der Waals surface area contributed by atoms with Crippen LogP contribution in [0.5, 0.6) is 0 Å². The van der Waals surface area contributed by atoms with Gasteiger partial charge in [0.05, 0.1) is 6.10 Å². The van der Waals surface area contributed by atoms with Crippen LogP contribution in [-0.4, -0.2) is 11.2 Å². The number of hydrogen-bond acceptors (Lipinski definition) is 1. The summed E-state index contributed by atoms with van der Waals surface area (Å²) >= 11 is 3.35. The van der Waals surface area contributed by atoms with E-state index >= 15 is 0 Å². The lowest BCUT2D eigenvalue weighted by molar-refractivity contribution is 0.146. The van der Waals surface area contributed by atoms with Gasteiger partial charge in [-0.15, -0.1) is 0 Å². The van der Waals surface area contributed by atoms with E-state index in [0.717, 1.165) is 22.9 Å². The third-order valence-electron chi connectivity index (χ3n) is 3.10. The van der Waals surface area contributed by atoms with Gasteiger partial charge in [0.25, 0.3) is 0 Å². The summed E-state index contributed by atoms with van der Waals surface area (Å²) in [6.07, 6.45) is 2.81. The maximum atomic E-state index is 13.8. The molecule has 0 aromatic heterocycles. The van der Waals surface area contributed by atoms with Crippen LogP contribution in [0.15, 0.2) is 28.7 Å². The summed E-state index contributed by atoms with van der Waals surface area (Å²) in [5, 5.41) is 9.83. The van der Waals surface area contributed by atoms with Gasteiger partial charge in [-0.25, -0.2) is 4.39 Å². The predicted molar refractivity (Wildman–Crippen MR) is 71.1 cm³/mol. The second-order valence-electron chi connectivity index (χ2n) is 5.43. The highest BCUT2D eigenvalue weighted by molar-refractivity contribution is 9.10. The molecule has 0 saturated carbocycles. The maximum Gasteiger partial charge on any atom is 0.130 e. The summed E-state index contributed by atoms with van der Waals surface area (Å²) in [4.78, 5) is 0. The fraction of sp³-hybridized carbons (Fsp3) is 0.429. The molecule has 3 heteroatoms. The third kappa shape index (κ3) is 2.96. The van der Waals surface area contributed by atoms with E-state index in [9.17, 15) is 9.50 Å². The van der Waals surface area contributed by atoms with Gasteiger partial charge < -0.3 is 5.11 Å². The summed E-state index contributed by atoms with van der Waals surface area (Å²) in [5.74, 6) is -0.232. The highest BCUT2D eigenvalue weighted by Gasteiger charge is 2.29. The van der Waals surface area contributed by atoms with Crippen LogP contribution in [-0.2, 0) is 0 Å². The van der Waals surface area contributed by atoms with Crippen molar-refractivity contribution in [3.8, 4) is 0 Å². The second kappa shape index (κ2) is 4.54. The molecule has 17 heavy (non-hydrogen) atoms. The molecule has 0 aliphatic heterocycles. The summed E-state index contributed by atoms with van der Waals surface area (Å²) in [6.45, 7) is 4.19. The Morgan fingerprint density at radius 1 is 1.41 bits per heavy atom. The summed E-state index contributed by atoms with van der Waals surface area (Å²) in [5.41, 5.74) is 1.50. The van der Waals surface area contributed by atoms with Gasteiger partial charge in [0.2, 0.25) is 0 Å². The molecule has 1 aliphatic carbocycles. The van der Waals surface area contributed by atoms with Crippen molar-refractivity contribution in [2.45, 2.75) is 32.8 Å². The van der Waals surface area contributed by atoms with Gasteiger partial charge in [-0.3, -0.25) is 0 Å². The molecule has 2 rings (SSSR count). The van der Waals surface area contributed by atoms with E-state index in [4.69, 9.17) is 0 Å². The van der Waals surface area contributed by atoms with E-state index in [1.807, 2.05) is 0 Å². The minimum absolute atomic E-state index is 0.0122. The molecular weight excluding hydrogens is 283 g/mol. The van der Waals surface area contributed by atoms with E-state index in [-0.39, 0.29) is 11.2 Å². The molecule has 0 radical (unpaired) electrons. The normalized spacial score (nSPS) is 23.4. The SMILES string of the molecule is CC1(C)CC(c2cc(Br)ccc2F)=CC(O)C1. The molecule has 1 atom stereocenters. The Hall–Kier alpha value is -0.670. The predicted octanol–water partition coefficient (Wildman–Crippen LogP) is 4.15. The Bertz CT molecular complexity index is 465. The van der Waals surface area contributed by atoms with Crippen molar-refractivity contribution in [3.63, 3.8) is 0 Å². The molecule has 1 aromatic carbocycles. The average molecular weight is 299 g/mol. The Balaban J connectivity index is 2.43. The summed E-state index contributed by atoms with van der Waals surface area (Å²) < 4.78 is 14.6. The van der Waals surface area contributed by atoms with Crippen molar-refractivity contribution in [3.05, 3.63) is 40.1 Å². The van der Waals surface area contributed by atoms with Crippen LogP contribution >= 0.6 is 15.9 Å². The minimum atomic E-state index is -0.480. The lowest BCUT2D eigenvalue weighted by Crippen LogP contribution is -2.24. The zero-order valence-electron chi connectivity index (χ0n) is 10.0. The monoisotopic (exact) mass is 298 g/mol. The van der Waals surface area contributed by atoms with Crippen LogP contribution < -0.4 is 0 Å². The van der Waals surface area contributed by atoms with E-state index in [1.165, 1.54) is 6.07 Å². The smallest absolute Gasteiger partial charge is 0.130 e. The highest BCUT2D eigenvalue weighted by atomic mass is 79.9. The van der Waals surface area contributed by atoms with Crippen LogP contribution in [0, 0.1) is 11.2 Å². The average Bonchev–Trinajstić information content (AvgIpc) is 2.18. The molecule has 1 aliphatic rings. The van der Waals surface area contributed by atoms with E-state index < -0.39 is 6.10 Å². The largest absolute Gasteiger partial charge is 0.389 e. The van der Waals surface area contributed by atoms with Crippen molar-refractivity contribution in [2.75, 3.05) is 0 Å². The first kappa shape index (κ1) is 12.8. The Labute approximate surface area is 109 Å². The molecule has 0 spiro atoms. The second-order valence-corrected chi connectivity index (χ2v) is 6.34. The van der Waals surface area contributed by atoms with Crippen molar-refractivity contribution in [1.82, 2.24) is 0 Å². The molecule has 0 heterocycles. The van der Waals surface area contributed by atoms with E-state index in [1.54, 1.807) is 18.2 Å². The van der Waals surface area contributed by atoms with Crippen LogP contribution in [0.4, 0.5) is 4.39 Å². The fourth-order valence-electron chi connectivity index (χ4n) is 2.43. The molecule has 1 aromatic rings. The van der Waals surface area contributed by atoms with E-state index in [2.05, 4.69) is 29.8 Å². The molecule has 1 unspecified atom stereocenters. The maximum absolute atomic E-state index is 13.8. The number of hydrogen-bond donors (Lipinski definition) is 1. The van der Waals surface area contributed by atoms with Crippen molar-refractivity contribution < 1.29 is 9.50 Å². The number of halogens is 2. The molecule has 92 valence electrons. The lowest BCUT2D eigenvalue weighted by Gasteiger charge is -2.32. The molecule has 0 fully saturated rings. The topological polar surface area (TPSA) is 20.2 Å². The first-order valence-corrected chi connectivity index (χ1v) is 6.51. The summed E-state index contributed by atoms with van der Waals surface area (Å²) in [6, 6.07) is 4.91. The molecule has 1 nitrogen and oxygen atoms in total. The number of benzene rings is 1. The van der Waals surface area contributed by atoms with Crippen LogP contribution in [0.2, 0.25) is 0 Å². The quantitative estimate of drug-likeness (QED) is 0.826. The molecular formula is C14H16BrFO. The zero-order chi connectivity index (χ0) is 12.6. The van der Waals surface area contributed by atoms with Gasteiger partial charge in [-0.05, 0) is 42.0 Å². The summed E-state index contributed by atoms with van der Waals surface area (Å²) in [7, 11) is 0. The van der Waals surface area contributed by atoms with E-state index in [0.29, 0.717) is 5.56 Å². The first-order valence-electron chi connectivity index (χ1n) is 5.72. The Morgan fingerprint density at radius 2 is 2.12 bits per heavy atom. The van der Waals surface area contributed by atoms with Gasteiger partial charge in [0, 0.05) is 10.0 Å². The van der Waals surface area contributed by atoms with Gasteiger partial charge >= 0.3 is 0 Å². The van der Waals surface area contributed by atoms with Gasteiger partial charge in [-0.2, -0.15) is 0 Å². The zero-order valence-corrected chi connectivity index (χ0v) is 11.6. The Morgan fingerprint density at radius 3 is 2.76 bits per heavy atom. The number of aliphatic hydroxyl groups excluding tert-OH is 1. The van der Waals surface area contributed by atoms with Crippen molar-refractivity contribution in [2.24, 2.45) is 5.41 Å². The highest BCUT2D eigenvalue weighted by Crippen LogP contribution is 2.40.